The molecular formula is C4H10NO4P. The Morgan fingerprint density at radius 1 is 1.60 bits per heavy atom. The maximum absolute atomic E-state index is 10.5. The highest BCUT2D eigenvalue weighted by atomic mass is 31.2. The minimum Gasteiger partial charge on any atom is -0.364 e. The van der Waals surface area contributed by atoms with Crippen LogP contribution in [-0.2, 0) is 9.30 Å². The van der Waals surface area contributed by atoms with Crippen LogP contribution < -0.4 is 5.73 Å². The van der Waals surface area contributed by atoms with Gasteiger partial charge >= 0.3 is 7.60 Å². The van der Waals surface area contributed by atoms with Crippen LogP contribution in [0.3, 0.4) is 0 Å². The molecule has 2 unspecified atom stereocenters. The van der Waals surface area contributed by atoms with Crippen molar-refractivity contribution < 1.29 is 19.1 Å². The average molecular weight is 167 g/mol. The Balaban J connectivity index is 2.53. The van der Waals surface area contributed by atoms with E-state index in [1.807, 2.05) is 0 Å². The lowest BCUT2D eigenvalue weighted by Gasteiger charge is -2.09. The van der Waals surface area contributed by atoms with E-state index >= 15 is 0 Å². The van der Waals surface area contributed by atoms with Crippen molar-refractivity contribution in [1.29, 1.82) is 0 Å². The molecule has 4 N–H and O–H groups in total. The summed E-state index contributed by atoms with van der Waals surface area (Å²) in [5.74, 6) is -0.970. The predicted molar refractivity (Wildman–Crippen MR) is 34.4 cm³/mol. The summed E-state index contributed by atoms with van der Waals surface area (Å²) in [5.41, 5.74) is 5.35. The average Bonchev–Trinajstić information content (AvgIpc) is 2.11. The van der Waals surface area contributed by atoms with Gasteiger partial charge < -0.3 is 20.3 Å². The van der Waals surface area contributed by atoms with Crippen LogP contribution in [0.25, 0.3) is 0 Å². The first-order valence-corrected chi connectivity index (χ1v) is 4.60. The molecule has 0 spiro atoms. The zero-order chi connectivity index (χ0) is 7.78. The van der Waals surface area contributed by atoms with Crippen molar-refractivity contribution in [1.82, 2.24) is 0 Å². The van der Waals surface area contributed by atoms with E-state index in [4.69, 9.17) is 20.3 Å². The Kier molecular flexibility index (Phi) is 2.12. The number of ether oxygens (including phenoxy) is 1. The molecule has 10 heavy (non-hydrogen) atoms. The van der Waals surface area contributed by atoms with Crippen LogP contribution in [0, 0.1) is 0 Å². The van der Waals surface area contributed by atoms with Gasteiger partial charge in [0.2, 0.25) is 0 Å². The highest BCUT2D eigenvalue weighted by Crippen LogP contribution is 2.45. The van der Waals surface area contributed by atoms with Gasteiger partial charge in [-0.3, -0.25) is 4.57 Å². The van der Waals surface area contributed by atoms with E-state index in [1.165, 1.54) is 0 Å². The number of nitrogens with two attached hydrogens (primary N) is 1. The van der Waals surface area contributed by atoms with Crippen LogP contribution in [0.5, 0.6) is 0 Å². The van der Waals surface area contributed by atoms with Gasteiger partial charge in [-0.25, -0.2) is 0 Å². The molecule has 2 atom stereocenters. The van der Waals surface area contributed by atoms with Gasteiger partial charge in [-0.1, -0.05) is 0 Å². The van der Waals surface area contributed by atoms with Gasteiger partial charge in [0, 0.05) is 12.5 Å². The lowest BCUT2D eigenvalue weighted by molar-refractivity contribution is 0.138. The van der Waals surface area contributed by atoms with Gasteiger partial charge in [-0.2, -0.15) is 0 Å². The lowest BCUT2D eigenvalue weighted by atomic mass is 10.3. The normalized spacial score (nSPS) is 34.7. The molecule has 0 aromatic rings. The standard InChI is InChI=1S/C4H10NO4P/c5-3-1-4(9-2-3)10(6,7)8/h3-4H,1-2,5H2,(H2,6,7,8). The van der Waals surface area contributed by atoms with E-state index in [2.05, 4.69) is 0 Å². The molecule has 1 heterocycles. The molecule has 1 fully saturated rings. The molecule has 1 saturated heterocycles. The summed E-state index contributed by atoms with van der Waals surface area (Å²) in [6.07, 6.45) is 0.254. The fourth-order valence-corrected chi connectivity index (χ4v) is 1.69. The van der Waals surface area contributed by atoms with Crippen molar-refractivity contribution >= 4 is 7.60 Å². The SMILES string of the molecule is NC1COC(P(=O)(O)O)C1. The molecule has 1 aliphatic rings. The molecule has 5 nitrogen and oxygen atoms in total. The molecule has 6 heteroatoms. The fourth-order valence-electron chi connectivity index (χ4n) is 0.864. The van der Waals surface area contributed by atoms with Gasteiger partial charge in [0.25, 0.3) is 0 Å². The highest BCUT2D eigenvalue weighted by molar-refractivity contribution is 7.52. The van der Waals surface area contributed by atoms with Crippen molar-refractivity contribution in [3.8, 4) is 0 Å². The third-order valence-corrected chi connectivity index (χ3v) is 2.49. The summed E-state index contributed by atoms with van der Waals surface area (Å²) in [6.45, 7) is 0.246. The second kappa shape index (κ2) is 2.60. The van der Waals surface area contributed by atoms with E-state index in [1.54, 1.807) is 0 Å². The lowest BCUT2D eigenvalue weighted by Crippen LogP contribution is -2.19. The van der Waals surface area contributed by atoms with Crippen molar-refractivity contribution in [2.24, 2.45) is 5.73 Å². The van der Waals surface area contributed by atoms with Crippen molar-refractivity contribution in [2.45, 2.75) is 18.3 Å². The quantitative estimate of drug-likeness (QED) is 0.446. The van der Waals surface area contributed by atoms with Crippen LogP contribution in [0.2, 0.25) is 0 Å². The van der Waals surface area contributed by atoms with Crippen molar-refractivity contribution in [3.63, 3.8) is 0 Å². The van der Waals surface area contributed by atoms with E-state index < -0.39 is 13.4 Å². The summed E-state index contributed by atoms with van der Waals surface area (Å²) < 4.78 is 15.2. The first-order chi connectivity index (χ1) is 4.50. The second-order valence-electron chi connectivity index (χ2n) is 2.37. The smallest absolute Gasteiger partial charge is 0.354 e. The molecule has 1 rings (SSSR count). The van der Waals surface area contributed by atoms with Gasteiger partial charge in [0.1, 0.15) is 0 Å². The summed E-state index contributed by atoms with van der Waals surface area (Å²) in [7, 11) is -4.05. The Hall–Kier alpha value is 0.0700. The summed E-state index contributed by atoms with van der Waals surface area (Å²) in [4.78, 5) is 17.1. The van der Waals surface area contributed by atoms with E-state index in [0.717, 1.165) is 0 Å². The third-order valence-electron chi connectivity index (χ3n) is 1.38. The molecular weight excluding hydrogens is 157 g/mol. The summed E-state index contributed by atoms with van der Waals surface area (Å²) >= 11 is 0. The van der Waals surface area contributed by atoms with Gasteiger partial charge in [-0.05, 0) is 0 Å². The minimum atomic E-state index is -4.05. The van der Waals surface area contributed by atoms with E-state index in [0.29, 0.717) is 0 Å². The van der Waals surface area contributed by atoms with Crippen LogP contribution in [0.1, 0.15) is 6.42 Å². The van der Waals surface area contributed by atoms with Crippen LogP contribution >= 0.6 is 7.60 Å². The highest BCUT2D eigenvalue weighted by Gasteiger charge is 2.36. The Labute approximate surface area is 58.3 Å². The third kappa shape index (κ3) is 1.78. The maximum Gasteiger partial charge on any atom is 0.354 e. The molecule has 0 bridgehead atoms. The zero-order valence-corrected chi connectivity index (χ0v) is 6.20. The van der Waals surface area contributed by atoms with E-state index in [9.17, 15) is 4.57 Å². The molecule has 0 radical (unpaired) electrons. The van der Waals surface area contributed by atoms with Crippen molar-refractivity contribution in [3.05, 3.63) is 0 Å². The molecule has 1 aliphatic heterocycles. The van der Waals surface area contributed by atoms with Gasteiger partial charge in [0.05, 0.1) is 6.61 Å². The van der Waals surface area contributed by atoms with Crippen LogP contribution in [-0.4, -0.2) is 28.3 Å². The molecule has 0 aliphatic carbocycles. The van der Waals surface area contributed by atoms with Gasteiger partial charge in [-0.15, -0.1) is 0 Å². The van der Waals surface area contributed by atoms with Crippen molar-refractivity contribution in [2.75, 3.05) is 6.61 Å². The zero-order valence-electron chi connectivity index (χ0n) is 5.30. The fraction of sp³-hybridized carbons (Fsp3) is 1.00. The molecule has 0 aromatic carbocycles. The Bertz CT molecular complexity index is 167. The topological polar surface area (TPSA) is 92.8 Å². The number of rotatable bonds is 1. The summed E-state index contributed by atoms with van der Waals surface area (Å²) in [6, 6.07) is -0.224. The molecule has 0 saturated carbocycles. The maximum atomic E-state index is 10.5. The molecule has 0 amide bonds. The second-order valence-corrected chi connectivity index (χ2v) is 4.13. The van der Waals surface area contributed by atoms with Gasteiger partial charge in [0.15, 0.2) is 5.85 Å². The first kappa shape index (κ1) is 8.17. The predicted octanol–water partition coefficient (Wildman–Crippen LogP) is -0.762. The Morgan fingerprint density at radius 3 is 2.40 bits per heavy atom. The number of hydrogen-bond donors (Lipinski definition) is 3. The Morgan fingerprint density at radius 2 is 2.20 bits per heavy atom. The monoisotopic (exact) mass is 167 g/mol. The first-order valence-electron chi connectivity index (χ1n) is 2.92. The van der Waals surface area contributed by atoms with E-state index in [-0.39, 0.29) is 19.1 Å². The number of hydrogen-bond acceptors (Lipinski definition) is 3. The molecule has 0 aromatic heterocycles. The molecule has 60 valence electrons. The van der Waals surface area contributed by atoms with Crippen LogP contribution in [0.4, 0.5) is 0 Å². The minimum absolute atomic E-state index is 0.224. The van der Waals surface area contributed by atoms with Crippen LogP contribution in [0.15, 0.2) is 0 Å². The largest absolute Gasteiger partial charge is 0.364 e. The summed E-state index contributed by atoms with van der Waals surface area (Å²) in [5, 5.41) is 0.